The van der Waals surface area contributed by atoms with Gasteiger partial charge in [-0.2, -0.15) is 0 Å². The molecule has 0 unspecified atom stereocenters. The Balaban J connectivity index is 2.17. The molecular formula is C15H27N5O2S. The van der Waals surface area contributed by atoms with Gasteiger partial charge in [0.25, 0.3) is 0 Å². The van der Waals surface area contributed by atoms with Gasteiger partial charge in [0.2, 0.25) is 11.9 Å². The minimum absolute atomic E-state index is 0.0320. The predicted molar refractivity (Wildman–Crippen MR) is 91.9 cm³/mol. The zero-order valence-electron chi connectivity index (χ0n) is 14.4. The van der Waals surface area contributed by atoms with Crippen molar-refractivity contribution in [1.29, 1.82) is 0 Å². The van der Waals surface area contributed by atoms with Gasteiger partial charge < -0.3 is 15.0 Å². The maximum absolute atomic E-state index is 12.0. The highest BCUT2D eigenvalue weighted by molar-refractivity contribution is 8.00. The van der Waals surface area contributed by atoms with Gasteiger partial charge in [-0.15, -0.1) is 10.2 Å². The summed E-state index contributed by atoms with van der Waals surface area (Å²) >= 11 is 1.46. The molecule has 1 aliphatic rings. The molecule has 1 aliphatic heterocycles. The Bertz CT molecular complexity index is 514. The minimum Gasteiger partial charge on any atom is -0.378 e. The Kier molecular flexibility index (Phi) is 6.71. The fourth-order valence-electron chi connectivity index (χ4n) is 2.42. The molecule has 2 rings (SSSR count). The Hall–Kier alpha value is -1.28. The SMILES string of the molecule is CCNC(=O)[C@H](C)Sc1nnc(N2CCOCC2)n1CC(C)C. The molecule has 1 aromatic heterocycles. The van der Waals surface area contributed by atoms with Crippen LogP contribution in [0.5, 0.6) is 0 Å². The third-order valence-corrected chi connectivity index (χ3v) is 4.62. The summed E-state index contributed by atoms with van der Waals surface area (Å²) in [5.74, 6) is 1.39. The maximum Gasteiger partial charge on any atom is 0.233 e. The van der Waals surface area contributed by atoms with E-state index in [1.807, 2.05) is 13.8 Å². The van der Waals surface area contributed by atoms with Crippen molar-refractivity contribution >= 4 is 23.6 Å². The molecule has 7 nitrogen and oxygen atoms in total. The van der Waals surface area contributed by atoms with Crippen molar-refractivity contribution in [3.63, 3.8) is 0 Å². The molecule has 1 atom stereocenters. The van der Waals surface area contributed by atoms with E-state index in [9.17, 15) is 4.79 Å². The predicted octanol–water partition coefficient (Wildman–Crippen LogP) is 1.39. The summed E-state index contributed by atoms with van der Waals surface area (Å²) in [6.07, 6.45) is 0. The first-order valence-electron chi connectivity index (χ1n) is 8.23. The van der Waals surface area contributed by atoms with Crippen LogP contribution >= 0.6 is 11.8 Å². The first kappa shape index (κ1) is 18.1. The number of rotatable bonds is 7. The zero-order valence-corrected chi connectivity index (χ0v) is 15.2. The van der Waals surface area contributed by atoms with Crippen LogP contribution in [0.4, 0.5) is 5.95 Å². The molecule has 1 amide bonds. The molecule has 8 heteroatoms. The van der Waals surface area contributed by atoms with E-state index in [4.69, 9.17) is 4.74 Å². The van der Waals surface area contributed by atoms with Crippen molar-refractivity contribution in [3.05, 3.63) is 0 Å². The van der Waals surface area contributed by atoms with Crippen LogP contribution < -0.4 is 10.2 Å². The van der Waals surface area contributed by atoms with Crippen LogP contribution in [0.1, 0.15) is 27.7 Å². The van der Waals surface area contributed by atoms with Gasteiger partial charge in [-0.3, -0.25) is 9.36 Å². The van der Waals surface area contributed by atoms with E-state index < -0.39 is 0 Å². The molecule has 0 spiro atoms. The summed E-state index contributed by atoms with van der Waals surface area (Å²) in [6, 6.07) is 0. The highest BCUT2D eigenvalue weighted by Crippen LogP contribution is 2.27. The van der Waals surface area contributed by atoms with Crippen molar-refractivity contribution in [1.82, 2.24) is 20.1 Å². The molecule has 130 valence electrons. The van der Waals surface area contributed by atoms with Gasteiger partial charge in [0.05, 0.1) is 18.5 Å². The second-order valence-electron chi connectivity index (χ2n) is 6.04. The average Bonchev–Trinajstić information content (AvgIpc) is 2.90. The summed E-state index contributed by atoms with van der Waals surface area (Å²) in [7, 11) is 0. The normalized spacial score (nSPS) is 16.7. The Morgan fingerprint density at radius 2 is 2.00 bits per heavy atom. The van der Waals surface area contributed by atoms with Crippen LogP contribution in [-0.4, -0.2) is 58.8 Å². The van der Waals surface area contributed by atoms with Gasteiger partial charge >= 0.3 is 0 Å². The van der Waals surface area contributed by atoms with Crippen LogP contribution in [0, 0.1) is 5.92 Å². The number of nitrogens with zero attached hydrogens (tertiary/aromatic N) is 4. The average molecular weight is 341 g/mol. The van der Waals surface area contributed by atoms with E-state index in [1.165, 1.54) is 11.8 Å². The lowest BCUT2D eigenvalue weighted by Gasteiger charge is -2.28. The van der Waals surface area contributed by atoms with Crippen molar-refractivity contribution in [3.8, 4) is 0 Å². The molecule has 0 radical (unpaired) electrons. The van der Waals surface area contributed by atoms with E-state index >= 15 is 0 Å². The van der Waals surface area contributed by atoms with E-state index in [1.54, 1.807) is 0 Å². The first-order valence-corrected chi connectivity index (χ1v) is 9.11. The molecule has 1 fully saturated rings. The standard InChI is InChI=1S/C15H27N5O2S/c1-5-16-13(21)12(4)23-15-18-17-14(20(15)10-11(2)3)19-6-8-22-9-7-19/h11-12H,5-10H2,1-4H3,(H,16,21)/t12-/m0/s1. The molecule has 2 heterocycles. The smallest absolute Gasteiger partial charge is 0.233 e. The van der Waals surface area contributed by atoms with Crippen molar-refractivity contribution in [2.24, 2.45) is 5.92 Å². The summed E-state index contributed by atoms with van der Waals surface area (Å²) in [6.45, 7) is 12.7. The fraction of sp³-hybridized carbons (Fsp3) is 0.800. The van der Waals surface area contributed by atoms with Crippen molar-refractivity contribution < 1.29 is 9.53 Å². The molecular weight excluding hydrogens is 314 g/mol. The summed E-state index contributed by atoms with van der Waals surface area (Å²) in [5, 5.41) is 12.2. The lowest BCUT2D eigenvalue weighted by atomic mass is 10.2. The number of nitrogens with one attached hydrogen (secondary N) is 1. The third kappa shape index (κ3) is 4.84. The van der Waals surface area contributed by atoms with E-state index in [0.29, 0.717) is 25.7 Å². The van der Waals surface area contributed by atoms with Gasteiger partial charge in [0, 0.05) is 26.2 Å². The summed E-state index contributed by atoms with van der Waals surface area (Å²) in [4.78, 5) is 14.2. The van der Waals surface area contributed by atoms with E-state index in [2.05, 4.69) is 38.8 Å². The maximum atomic E-state index is 12.0. The third-order valence-electron chi connectivity index (χ3n) is 3.54. The second kappa shape index (κ2) is 8.54. The lowest BCUT2D eigenvalue weighted by Crippen LogP contribution is -2.38. The van der Waals surface area contributed by atoms with Crippen molar-refractivity contribution in [2.75, 3.05) is 37.7 Å². The molecule has 0 aliphatic carbocycles. The number of hydrogen-bond acceptors (Lipinski definition) is 6. The second-order valence-corrected chi connectivity index (χ2v) is 7.35. The molecule has 1 N–H and O–H groups in total. The van der Waals surface area contributed by atoms with Gasteiger partial charge in [0.15, 0.2) is 5.16 Å². The summed E-state index contributed by atoms with van der Waals surface area (Å²) < 4.78 is 7.55. The Morgan fingerprint density at radius 3 is 2.61 bits per heavy atom. The highest BCUT2D eigenvalue weighted by Gasteiger charge is 2.24. The number of amides is 1. The Morgan fingerprint density at radius 1 is 1.30 bits per heavy atom. The van der Waals surface area contributed by atoms with E-state index in [0.717, 1.165) is 30.7 Å². The van der Waals surface area contributed by atoms with Crippen LogP contribution in [0.2, 0.25) is 0 Å². The molecule has 1 aromatic rings. The number of anilines is 1. The fourth-order valence-corrected chi connectivity index (χ4v) is 3.30. The minimum atomic E-state index is -0.192. The van der Waals surface area contributed by atoms with E-state index in [-0.39, 0.29) is 11.2 Å². The lowest BCUT2D eigenvalue weighted by molar-refractivity contribution is -0.120. The van der Waals surface area contributed by atoms with Crippen LogP contribution in [0.25, 0.3) is 0 Å². The van der Waals surface area contributed by atoms with Gasteiger partial charge in [-0.1, -0.05) is 25.6 Å². The number of carbonyl (C=O) groups excluding carboxylic acids is 1. The monoisotopic (exact) mass is 341 g/mol. The van der Waals surface area contributed by atoms with Gasteiger partial charge in [0.1, 0.15) is 0 Å². The van der Waals surface area contributed by atoms with Crippen LogP contribution in [-0.2, 0) is 16.1 Å². The Labute approximate surface area is 142 Å². The number of thioether (sulfide) groups is 1. The number of ether oxygens (including phenoxy) is 1. The number of hydrogen-bond donors (Lipinski definition) is 1. The molecule has 0 saturated carbocycles. The topological polar surface area (TPSA) is 72.3 Å². The quantitative estimate of drug-likeness (QED) is 0.756. The van der Waals surface area contributed by atoms with Crippen molar-refractivity contribution in [2.45, 2.75) is 44.6 Å². The van der Waals surface area contributed by atoms with Crippen LogP contribution in [0.15, 0.2) is 5.16 Å². The molecule has 1 saturated heterocycles. The highest BCUT2D eigenvalue weighted by atomic mass is 32.2. The van der Waals surface area contributed by atoms with Gasteiger partial charge in [-0.05, 0) is 19.8 Å². The number of aromatic nitrogens is 3. The summed E-state index contributed by atoms with van der Waals surface area (Å²) in [5.41, 5.74) is 0. The zero-order chi connectivity index (χ0) is 16.8. The first-order chi connectivity index (χ1) is 11.0. The molecule has 0 bridgehead atoms. The largest absolute Gasteiger partial charge is 0.378 e. The van der Waals surface area contributed by atoms with Crippen LogP contribution in [0.3, 0.4) is 0 Å². The number of carbonyl (C=O) groups is 1. The molecule has 0 aromatic carbocycles. The number of morpholine rings is 1. The molecule has 23 heavy (non-hydrogen) atoms. The van der Waals surface area contributed by atoms with Gasteiger partial charge in [-0.25, -0.2) is 0 Å².